The van der Waals surface area contributed by atoms with Gasteiger partial charge in [0.25, 0.3) is 5.56 Å². The van der Waals surface area contributed by atoms with Crippen LogP contribution in [0.1, 0.15) is 11.3 Å². The van der Waals surface area contributed by atoms with E-state index in [0.717, 1.165) is 10.7 Å². The molecule has 8 heteroatoms. The Morgan fingerprint density at radius 2 is 1.76 bits per heavy atom. The minimum absolute atomic E-state index is 0.0522. The van der Waals surface area contributed by atoms with Crippen LogP contribution in [-0.4, -0.2) is 14.8 Å². The number of rotatable bonds is 3. The van der Waals surface area contributed by atoms with Gasteiger partial charge < -0.3 is 5.73 Å². The van der Waals surface area contributed by atoms with Crippen LogP contribution in [0.2, 0.25) is 0 Å². The number of hydrogen-bond acceptors (Lipinski definition) is 4. The molecule has 0 saturated carbocycles. The number of nitrogens with zero attached hydrogens (tertiary/aromatic N) is 3. The lowest BCUT2D eigenvalue weighted by molar-refractivity contribution is -0.139. The molecule has 0 aliphatic rings. The Labute approximate surface area is 140 Å². The Morgan fingerprint density at radius 3 is 2.40 bits per heavy atom. The standard InChI is InChI=1S/C17H13F3N4O/c18-17(19,20)13-9-14(11-5-2-1-3-6-11)23-24(16(13)25)10-12-7-4-8-15(21)22-12/h1-9H,10H2,(H2,21,22). The maximum absolute atomic E-state index is 13.3. The van der Waals surface area contributed by atoms with E-state index in [1.165, 1.54) is 0 Å². The number of anilines is 1. The van der Waals surface area contributed by atoms with Crippen LogP contribution >= 0.6 is 0 Å². The van der Waals surface area contributed by atoms with Crippen molar-refractivity contribution in [2.45, 2.75) is 12.7 Å². The second-order valence-electron chi connectivity index (χ2n) is 5.32. The Morgan fingerprint density at radius 1 is 1.04 bits per heavy atom. The summed E-state index contributed by atoms with van der Waals surface area (Å²) >= 11 is 0. The molecule has 3 rings (SSSR count). The minimum Gasteiger partial charge on any atom is -0.384 e. The highest BCUT2D eigenvalue weighted by molar-refractivity contribution is 5.59. The molecule has 0 unspecified atom stereocenters. The maximum atomic E-state index is 13.3. The van der Waals surface area contributed by atoms with Gasteiger partial charge in [-0.05, 0) is 18.2 Å². The fourth-order valence-electron chi connectivity index (χ4n) is 2.34. The molecule has 1 aromatic carbocycles. The Kier molecular flexibility index (Phi) is 4.26. The maximum Gasteiger partial charge on any atom is 0.421 e. The summed E-state index contributed by atoms with van der Waals surface area (Å²) in [7, 11) is 0. The van der Waals surface area contributed by atoms with E-state index in [9.17, 15) is 18.0 Å². The van der Waals surface area contributed by atoms with E-state index >= 15 is 0 Å². The number of pyridine rings is 1. The van der Waals surface area contributed by atoms with E-state index in [2.05, 4.69) is 10.1 Å². The molecule has 0 atom stereocenters. The zero-order valence-electron chi connectivity index (χ0n) is 12.9. The first kappa shape index (κ1) is 16.7. The van der Waals surface area contributed by atoms with Crippen LogP contribution in [0.4, 0.5) is 19.0 Å². The zero-order chi connectivity index (χ0) is 18.0. The second-order valence-corrected chi connectivity index (χ2v) is 5.32. The van der Waals surface area contributed by atoms with Gasteiger partial charge in [0, 0.05) is 5.56 Å². The van der Waals surface area contributed by atoms with Crippen LogP contribution in [0.25, 0.3) is 11.3 Å². The van der Waals surface area contributed by atoms with Crippen LogP contribution in [0.3, 0.4) is 0 Å². The Bertz CT molecular complexity index is 952. The molecule has 2 N–H and O–H groups in total. The molecule has 0 fully saturated rings. The molecule has 5 nitrogen and oxygen atoms in total. The van der Waals surface area contributed by atoms with Crippen LogP contribution < -0.4 is 11.3 Å². The van der Waals surface area contributed by atoms with Gasteiger partial charge in [0.15, 0.2) is 0 Å². The highest BCUT2D eigenvalue weighted by atomic mass is 19.4. The van der Waals surface area contributed by atoms with Crippen molar-refractivity contribution in [3.63, 3.8) is 0 Å². The van der Waals surface area contributed by atoms with Crippen molar-refractivity contribution in [2.24, 2.45) is 0 Å². The fraction of sp³-hybridized carbons (Fsp3) is 0.118. The molecule has 128 valence electrons. The van der Waals surface area contributed by atoms with Crippen molar-refractivity contribution in [1.29, 1.82) is 0 Å². The predicted molar refractivity (Wildman–Crippen MR) is 86.7 cm³/mol. The van der Waals surface area contributed by atoms with Crippen molar-refractivity contribution in [2.75, 3.05) is 5.73 Å². The van der Waals surface area contributed by atoms with Gasteiger partial charge in [-0.3, -0.25) is 4.79 Å². The number of benzene rings is 1. The lowest BCUT2D eigenvalue weighted by Gasteiger charge is -2.12. The molecule has 25 heavy (non-hydrogen) atoms. The lowest BCUT2D eigenvalue weighted by Crippen LogP contribution is -2.31. The van der Waals surface area contributed by atoms with Crippen molar-refractivity contribution < 1.29 is 13.2 Å². The lowest BCUT2D eigenvalue weighted by atomic mass is 10.1. The van der Waals surface area contributed by atoms with E-state index < -0.39 is 17.3 Å². The molecule has 0 spiro atoms. The summed E-state index contributed by atoms with van der Waals surface area (Å²) < 4.78 is 40.5. The van der Waals surface area contributed by atoms with Gasteiger partial charge in [0.2, 0.25) is 0 Å². The van der Waals surface area contributed by atoms with Gasteiger partial charge in [0.05, 0.1) is 17.9 Å². The summed E-state index contributed by atoms with van der Waals surface area (Å²) in [5.74, 6) is 0.209. The average Bonchev–Trinajstić information content (AvgIpc) is 2.56. The third kappa shape index (κ3) is 3.68. The number of halogens is 3. The van der Waals surface area contributed by atoms with E-state index in [1.807, 2.05) is 0 Å². The molecular weight excluding hydrogens is 333 g/mol. The minimum atomic E-state index is -4.78. The van der Waals surface area contributed by atoms with Crippen molar-refractivity contribution >= 4 is 5.82 Å². The van der Waals surface area contributed by atoms with Crippen molar-refractivity contribution in [3.05, 3.63) is 76.2 Å². The average molecular weight is 346 g/mol. The number of hydrogen-bond donors (Lipinski definition) is 1. The summed E-state index contributed by atoms with van der Waals surface area (Å²) in [5.41, 5.74) is 3.94. The van der Waals surface area contributed by atoms with E-state index in [-0.39, 0.29) is 18.1 Å². The summed E-state index contributed by atoms with van der Waals surface area (Å²) in [6.45, 7) is -0.215. The SMILES string of the molecule is Nc1cccc(Cn2nc(-c3ccccc3)cc(C(F)(F)F)c2=O)n1. The van der Waals surface area contributed by atoms with Gasteiger partial charge in [-0.2, -0.15) is 18.3 Å². The molecule has 0 radical (unpaired) electrons. The predicted octanol–water partition coefficient (Wildman–Crippen LogP) is 2.95. The first-order valence-corrected chi connectivity index (χ1v) is 7.31. The number of nitrogens with two attached hydrogens (primary N) is 1. The third-order valence-electron chi connectivity index (χ3n) is 3.49. The number of aromatic nitrogens is 3. The van der Waals surface area contributed by atoms with Crippen LogP contribution in [0.5, 0.6) is 0 Å². The smallest absolute Gasteiger partial charge is 0.384 e. The quantitative estimate of drug-likeness (QED) is 0.791. The van der Waals surface area contributed by atoms with Gasteiger partial charge in [0.1, 0.15) is 11.4 Å². The van der Waals surface area contributed by atoms with Gasteiger partial charge in [-0.1, -0.05) is 36.4 Å². The third-order valence-corrected chi connectivity index (χ3v) is 3.49. The monoisotopic (exact) mass is 346 g/mol. The number of nitrogen functional groups attached to an aromatic ring is 1. The molecule has 2 heterocycles. The molecular formula is C17H13F3N4O. The molecule has 0 aliphatic heterocycles. The van der Waals surface area contributed by atoms with Gasteiger partial charge in [-0.15, -0.1) is 0 Å². The van der Waals surface area contributed by atoms with E-state index in [4.69, 9.17) is 5.73 Å². The molecule has 0 saturated heterocycles. The first-order valence-electron chi connectivity index (χ1n) is 7.31. The molecule has 0 amide bonds. The van der Waals surface area contributed by atoms with Crippen LogP contribution in [0.15, 0.2) is 59.4 Å². The van der Waals surface area contributed by atoms with E-state index in [0.29, 0.717) is 11.3 Å². The highest BCUT2D eigenvalue weighted by Gasteiger charge is 2.35. The largest absolute Gasteiger partial charge is 0.421 e. The normalized spacial score (nSPS) is 11.5. The molecule has 0 bridgehead atoms. The Hall–Kier alpha value is -3.16. The van der Waals surface area contributed by atoms with Crippen molar-refractivity contribution in [1.82, 2.24) is 14.8 Å². The van der Waals surface area contributed by atoms with Crippen molar-refractivity contribution in [3.8, 4) is 11.3 Å². The summed E-state index contributed by atoms with van der Waals surface area (Å²) in [6.07, 6.45) is -4.78. The van der Waals surface area contributed by atoms with Gasteiger partial charge >= 0.3 is 6.18 Å². The summed E-state index contributed by atoms with van der Waals surface area (Å²) in [6, 6.07) is 13.8. The van der Waals surface area contributed by atoms with Gasteiger partial charge in [-0.25, -0.2) is 9.67 Å². The topological polar surface area (TPSA) is 73.8 Å². The van der Waals surface area contributed by atoms with Crippen LogP contribution in [0, 0.1) is 0 Å². The van der Waals surface area contributed by atoms with Crippen LogP contribution in [-0.2, 0) is 12.7 Å². The second kappa shape index (κ2) is 6.39. The first-order chi connectivity index (χ1) is 11.8. The Balaban J connectivity index is 2.15. The fourth-order valence-corrected chi connectivity index (χ4v) is 2.34. The number of alkyl halides is 3. The molecule has 3 aromatic rings. The highest BCUT2D eigenvalue weighted by Crippen LogP contribution is 2.28. The summed E-state index contributed by atoms with van der Waals surface area (Å²) in [4.78, 5) is 16.2. The summed E-state index contributed by atoms with van der Waals surface area (Å²) in [5, 5.41) is 4.07. The molecule has 0 aliphatic carbocycles. The molecule has 2 aromatic heterocycles. The van der Waals surface area contributed by atoms with E-state index in [1.54, 1.807) is 48.5 Å². The zero-order valence-corrected chi connectivity index (χ0v) is 12.9.